The second kappa shape index (κ2) is 5.48. The zero-order valence-electron chi connectivity index (χ0n) is 12.2. The van der Waals surface area contributed by atoms with Gasteiger partial charge in [0, 0.05) is 5.56 Å². The molecule has 0 atom stereocenters. The number of hydrogen-bond acceptors (Lipinski definition) is 5. The number of esters is 1. The normalized spacial score (nSPS) is 10.8. The van der Waals surface area contributed by atoms with Crippen LogP contribution in [-0.2, 0) is 11.3 Å². The molecule has 0 fully saturated rings. The van der Waals surface area contributed by atoms with E-state index < -0.39 is 5.97 Å². The zero-order valence-corrected chi connectivity index (χ0v) is 12.2. The maximum atomic E-state index is 12.4. The number of carbonyl (C=O) groups is 1. The largest absolute Gasteiger partial charge is 0.463 e. The Labute approximate surface area is 126 Å². The number of ether oxygens (including phenoxy) is 1. The Bertz CT molecular complexity index is 908. The van der Waals surface area contributed by atoms with Crippen molar-refractivity contribution in [1.29, 1.82) is 0 Å². The SMILES string of the molecule is COC(=O)c1oc(Cn2cnc3ccccc3c2=O)cc1C. The molecule has 3 aromatic rings. The summed E-state index contributed by atoms with van der Waals surface area (Å²) in [6.45, 7) is 1.95. The minimum atomic E-state index is -0.535. The molecule has 22 heavy (non-hydrogen) atoms. The Morgan fingerprint density at radius 2 is 2.14 bits per heavy atom. The monoisotopic (exact) mass is 298 g/mol. The van der Waals surface area contributed by atoms with Gasteiger partial charge in [0.1, 0.15) is 5.76 Å². The second-order valence-corrected chi connectivity index (χ2v) is 4.91. The van der Waals surface area contributed by atoms with Crippen molar-refractivity contribution in [2.45, 2.75) is 13.5 Å². The lowest BCUT2D eigenvalue weighted by molar-refractivity contribution is 0.0561. The molecule has 3 rings (SSSR count). The van der Waals surface area contributed by atoms with Crippen LogP contribution in [0.15, 0.2) is 45.9 Å². The third-order valence-electron chi connectivity index (χ3n) is 3.40. The van der Waals surface area contributed by atoms with Crippen LogP contribution >= 0.6 is 0 Å². The van der Waals surface area contributed by atoms with Crippen molar-refractivity contribution >= 4 is 16.9 Å². The summed E-state index contributed by atoms with van der Waals surface area (Å²) in [5.41, 5.74) is 1.16. The van der Waals surface area contributed by atoms with Crippen molar-refractivity contribution in [2.75, 3.05) is 7.11 Å². The molecule has 0 aliphatic carbocycles. The first kappa shape index (κ1) is 14.1. The molecule has 0 bridgehead atoms. The first-order valence-corrected chi connectivity index (χ1v) is 6.72. The van der Waals surface area contributed by atoms with Crippen LogP contribution in [0.25, 0.3) is 10.9 Å². The molecule has 0 amide bonds. The Hall–Kier alpha value is -2.89. The van der Waals surface area contributed by atoms with Gasteiger partial charge in [0.25, 0.3) is 5.56 Å². The average molecular weight is 298 g/mol. The zero-order chi connectivity index (χ0) is 15.7. The summed E-state index contributed by atoms with van der Waals surface area (Å²) in [6, 6.07) is 8.86. The molecule has 1 aromatic carbocycles. The number of carbonyl (C=O) groups excluding carboxylic acids is 1. The Morgan fingerprint density at radius 1 is 1.36 bits per heavy atom. The fraction of sp³-hybridized carbons (Fsp3) is 0.188. The molecule has 0 aliphatic rings. The summed E-state index contributed by atoms with van der Waals surface area (Å²) in [7, 11) is 1.29. The number of benzene rings is 1. The third-order valence-corrected chi connectivity index (χ3v) is 3.40. The minimum absolute atomic E-state index is 0.152. The molecule has 0 spiro atoms. The van der Waals surface area contributed by atoms with E-state index in [0.29, 0.717) is 22.2 Å². The van der Waals surface area contributed by atoms with Crippen molar-refractivity contribution in [1.82, 2.24) is 9.55 Å². The molecule has 0 radical (unpaired) electrons. The van der Waals surface area contributed by atoms with Gasteiger partial charge in [0.15, 0.2) is 0 Å². The van der Waals surface area contributed by atoms with E-state index in [9.17, 15) is 9.59 Å². The Kier molecular flexibility index (Phi) is 3.50. The quantitative estimate of drug-likeness (QED) is 0.692. The Balaban J connectivity index is 1.99. The first-order chi connectivity index (χ1) is 10.6. The van der Waals surface area contributed by atoms with Crippen LogP contribution in [0, 0.1) is 6.92 Å². The maximum Gasteiger partial charge on any atom is 0.374 e. The highest BCUT2D eigenvalue weighted by atomic mass is 16.5. The van der Waals surface area contributed by atoms with Crippen LogP contribution in [0.5, 0.6) is 0 Å². The van der Waals surface area contributed by atoms with Gasteiger partial charge in [0.05, 0.1) is 30.9 Å². The number of para-hydroxylation sites is 1. The van der Waals surface area contributed by atoms with Crippen LogP contribution in [0.4, 0.5) is 0 Å². The van der Waals surface area contributed by atoms with Gasteiger partial charge in [-0.15, -0.1) is 0 Å². The first-order valence-electron chi connectivity index (χ1n) is 6.72. The van der Waals surface area contributed by atoms with Gasteiger partial charge in [0.2, 0.25) is 5.76 Å². The highest BCUT2D eigenvalue weighted by Gasteiger charge is 2.16. The van der Waals surface area contributed by atoms with E-state index in [-0.39, 0.29) is 17.9 Å². The summed E-state index contributed by atoms with van der Waals surface area (Å²) >= 11 is 0. The van der Waals surface area contributed by atoms with Gasteiger partial charge in [-0.1, -0.05) is 12.1 Å². The van der Waals surface area contributed by atoms with E-state index in [2.05, 4.69) is 9.72 Å². The van der Waals surface area contributed by atoms with Gasteiger partial charge in [-0.2, -0.15) is 0 Å². The maximum absolute atomic E-state index is 12.4. The molecule has 112 valence electrons. The Morgan fingerprint density at radius 3 is 2.91 bits per heavy atom. The smallest absolute Gasteiger partial charge is 0.374 e. The van der Waals surface area contributed by atoms with Crippen molar-refractivity contribution in [3.8, 4) is 0 Å². The molecule has 0 unspecified atom stereocenters. The number of nitrogens with zero attached hydrogens (tertiary/aromatic N) is 2. The van der Waals surface area contributed by atoms with Gasteiger partial charge in [-0.25, -0.2) is 9.78 Å². The number of hydrogen-bond donors (Lipinski definition) is 0. The lowest BCUT2D eigenvalue weighted by atomic mass is 10.2. The van der Waals surface area contributed by atoms with Gasteiger partial charge < -0.3 is 9.15 Å². The summed E-state index contributed by atoms with van der Waals surface area (Å²) < 4.78 is 11.6. The van der Waals surface area contributed by atoms with Gasteiger partial charge in [-0.3, -0.25) is 9.36 Å². The third kappa shape index (κ3) is 2.39. The number of aromatic nitrogens is 2. The summed E-state index contributed by atoms with van der Waals surface area (Å²) in [6.07, 6.45) is 1.47. The fourth-order valence-electron chi connectivity index (χ4n) is 2.31. The second-order valence-electron chi connectivity index (χ2n) is 4.91. The number of aryl methyl sites for hydroxylation is 1. The van der Waals surface area contributed by atoms with Crippen LogP contribution in [0.2, 0.25) is 0 Å². The van der Waals surface area contributed by atoms with E-state index in [1.54, 1.807) is 31.2 Å². The molecule has 0 aliphatic heterocycles. The molecular formula is C16H14N2O4. The molecule has 6 heteroatoms. The number of furan rings is 1. The fourth-order valence-corrected chi connectivity index (χ4v) is 2.31. The summed E-state index contributed by atoms with van der Waals surface area (Å²) in [5, 5.41) is 0.543. The number of fused-ring (bicyclic) bond motifs is 1. The van der Waals surface area contributed by atoms with E-state index in [1.165, 1.54) is 18.0 Å². The molecule has 0 N–H and O–H groups in total. The van der Waals surface area contributed by atoms with Crippen LogP contribution < -0.4 is 5.56 Å². The van der Waals surface area contributed by atoms with E-state index in [1.807, 2.05) is 6.07 Å². The molecule has 6 nitrogen and oxygen atoms in total. The summed E-state index contributed by atoms with van der Waals surface area (Å²) in [5.74, 6) is 0.115. The van der Waals surface area contributed by atoms with Crippen molar-refractivity contribution < 1.29 is 13.9 Å². The van der Waals surface area contributed by atoms with E-state index in [0.717, 1.165) is 0 Å². The molecular weight excluding hydrogens is 284 g/mol. The van der Waals surface area contributed by atoms with Crippen molar-refractivity contribution in [3.63, 3.8) is 0 Å². The van der Waals surface area contributed by atoms with Crippen LogP contribution in [0.3, 0.4) is 0 Å². The standard InChI is InChI=1S/C16H14N2O4/c1-10-7-11(22-14(10)16(20)21-2)8-18-9-17-13-6-4-3-5-12(13)15(18)19/h3-7,9H,8H2,1-2H3. The minimum Gasteiger partial charge on any atom is -0.463 e. The molecule has 0 saturated carbocycles. The number of methoxy groups -OCH3 is 1. The van der Waals surface area contributed by atoms with Crippen LogP contribution in [0.1, 0.15) is 21.9 Å². The van der Waals surface area contributed by atoms with Gasteiger partial charge in [-0.05, 0) is 25.1 Å². The average Bonchev–Trinajstić information content (AvgIpc) is 2.90. The van der Waals surface area contributed by atoms with Crippen molar-refractivity contribution in [2.24, 2.45) is 0 Å². The van der Waals surface area contributed by atoms with E-state index in [4.69, 9.17) is 4.42 Å². The number of rotatable bonds is 3. The molecule has 2 heterocycles. The van der Waals surface area contributed by atoms with Gasteiger partial charge >= 0.3 is 5.97 Å². The van der Waals surface area contributed by atoms with Crippen LogP contribution in [-0.4, -0.2) is 22.6 Å². The highest BCUT2D eigenvalue weighted by molar-refractivity contribution is 5.87. The predicted octanol–water partition coefficient (Wildman–Crippen LogP) is 2.13. The lowest BCUT2D eigenvalue weighted by Gasteiger charge is -2.04. The van der Waals surface area contributed by atoms with Crippen molar-refractivity contribution in [3.05, 3.63) is 64.1 Å². The molecule has 2 aromatic heterocycles. The topological polar surface area (TPSA) is 74.3 Å². The summed E-state index contributed by atoms with van der Waals surface area (Å²) in [4.78, 5) is 28.2. The molecule has 0 saturated heterocycles. The van der Waals surface area contributed by atoms with E-state index >= 15 is 0 Å². The highest BCUT2D eigenvalue weighted by Crippen LogP contribution is 2.16. The lowest BCUT2D eigenvalue weighted by Crippen LogP contribution is -2.20. The predicted molar refractivity (Wildman–Crippen MR) is 79.9 cm³/mol.